The molecular weight excluding hydrogens is 653 g/mol. The minimum Gasteiger partial charge on any atom is -0.294 e. The molecule has 0 heterocycles. The summed E-state index contributed by atoms with van der Waals surface area (Å²) in [5, 5.41) is 0. The smallest absolute Gasteiger partial charge is 0.0102 e. The average molecular weight is 741 g/mol. The Morgan fingerprint density at radius 2 is 0.407 bits per heavy atom. The monoisotopic (exact) mass is 741 g/mol. The van der Waals surface area contributed by atoms with Gasteiger partial charge in [-0.2, -0.15) is 0 Å². The molecule has 306 valence electrons. The topological polar surface area (TPSA) is 6.48 Å². The van der Waals surface area contributed by atoms with E-state index in [1.165, 1.54) is 231 Å². The van der Waals surface area contributed by atoms with E-state index in [2.05, 4.69) is 34.1 Å². The zero-order valence-corrected chi connectivity index (χ0v) is 35.6. The summed E-state index contributed by atoms with van der Waals surface area (Å²) in [5.41, 5.74) is 0. The first kappa shape index (κ1) is 40.2. The van der Waals surface area contributed by atoms with Crippen molar-refractivity contribution in [2.24, 2.45) is 35.5 Å². The van der Waals surface area contributed by atoms with E-state index in [0.29, 0.717) is 0 Å². The van der Waals surface area contributed by atoms with Crippen LogP contribution in [0.1, 0.15) is 231 Å². The second-order valence-electron chi connectivity index (χ2n) is 21.3. The third-order valence-corrected chi connectivity index (χ3v) is 17.9. The largest absolute Gasteiger partial charge is 0.294 e. The minimum atomic E-state index is 0.870. The molecule has 0 unspecified atom stereocenters. The van der Waals surface area contributed by atoms with Crippen molar-refractivity contribution in [3.05, 3.63) is 24.3 Å². The highest BCUT2D eigenvalue weighted by atomic mass is 15.2. The molecule has 0 radical (unpaired) electrons. The van der Waals surface area contributed by atoms with Crippen LogP contribution in [0.15, 0.2) is 24.3 Å². The van der Waals surface area contributed by atoms with E-state index in [9.17, 15) is 0 Å². The lowest BCUT2D eigenvalue weighted by Gasteiger charge is -2.48. The van der Waals surface area contributed by atoms with E-state index in [0.717, 1.165) is 71.8 Å². The average Bonchev–Trinajstić information content (AvgIpc) is 3.25. The molecule has 0 spiro atoms. The molecule has 0 bridgehead atoms. The minimum absolute atomic E-state index is 0.870. The molecule has 8 fully saturated rings. The Bertz CT molecular complexity index is 961. The van der Waals surface area contributed by atoms with Crippen LogP contribution < -0.4 is 0 Å². The Labute approximate surface area is 335 Å². The van der Waals surface area contributed by atoms with Crippen LogP contribution in [0.2, 0.25) is 0 Å². The van der Waals surface area contributed by atoms with Crippen LogP contribution in [0.4, 0.5) is 0 Å². The summed E-state index contributed by atoms with van der Waals surface area (Å²) in [7, 11) is 0. The molecule has 0 aromatic rings. The van der Waals surface area contributed by atoms with Gasteiger partial charge >= 0.3 is 0 Å². The van der Waals surface area contributed by atoms with E-state index in [1.807, 2.05) is 0 Å². The first-order valence-electron chi connectivity index (χ1n) is 25.7. The normalized spacial score (nSPS) is 38.2. The van der Waals surface area contributed by atoms with Gasteiger partial charge in [-0.3, -0.25) is 9.80 Å². The van der Waals surface area contributed by atoms with Crippen LogP contribution in [-0.4, -0.2) is 46.1 Å². The number of hydrogen-bond donors (Lipinski definition) is 0. The SMILES string of the molecule is C(=C\C1CCC(N(C2CCCCC2)C2CCCCC2)CC1)/C1CCC(C2CCC(/C=C/C3CCC(N(C4CCCCC4)C4CCCCC4)CC3)CC2)CC1. The second kappa shape index (κ2) is 20.9. The number of rotatable bonds is 11. The van der Waals surface area contributed by atoms with Crippen molar-refractivity contribution in [3.8, 4) is 0 Å². The van der Waals surface area contributed by atoms with Crippen LogP contribution in [0.25, 0.3) is 0 Å². The van der Waals surface area contributed by atoms with Gasteiger partial charge in [-0.05, 0) is 190 Å². The van der Waals surface area contributed by atoms with Crippen molar-refractivity contribution in [2.45, 2.75) is 267 Å². The van der Waals surface area contributed by atoms with Crippen molar-refractivity contribution >= 4 is 0 Å². The summed E-state index contributed by atoms with van der Waals surface area (Å²) in [6.45, 7) is 0. The van der Waals surface area contributed by atoms with Crippen LogP contribution >= 0.6 is 0 Å². The summed E-state index contributed by atoms with van der Waals surface area (Å²) in [6, 6.07) is 5.48. The zero-order chi connectivity index (χ0) is 36.4. The van der Waals surface area contributed by atoms with Crippen molar-refractivity contribution < 1.29 is 0 Å². The van der Waals surface area contributed by atoms with Gasteiger partial charge in [0.05, 0.1) is 0 Å². The molecule has 2 nitrogen and oxygen atoms in total. The third kappa shape index (κ3) is 10.9. The van der Waals surface area contributed by atoms with Crippen LogP contribution in [0.5, 0.6) is 0 Å². The standard InChI is InChI=1S/C52H88N2/c1-5-13-47(14-6-1)53(48-15-7-2-8-16-48)51-37-29-43(30-38-51)23-21-41-25-33-45(34-26-41)46-35-27-42(28-36-46)22-24-44-31-39-52(40-32-44)54(49-17-9-3-10-18-49)50-19-11-4-12-20-50/h21-24,41-52H,1-20,25-40H2/b23-21+,24-22+. The third-order valence-electron chi connectivity index (χ3n) is 17.9. The maximum atomic E-state index is 3.16. The van der Waals surface area contributed by atoms with Gasteiger partial charge in [-0.25, -0.2) is 0 Å². The van der Waals surface area contributed by atoms with Crippen LogP contribution in [0.3, 0.4) is 0 Å². The second-order valence-corrected chi connectivity index (χ2v) is 21.3. The first-order chi connectivity index (χ1) is 26.8. The fourth-order valence-electron chi connectivity index (χ4n) is 14.7. The molecule has 2 heteroatoms. The Morgan fingerprint density at radius 1 is 0.204 bits per heavy atom. The fraction of sp³-hybridized carbons (Fsp3) is 0.923. The molecular formula is C52H88N2. The summed E-state index contributed by atoms with van der Waals surface area (Å²) >= 11 is 0. The summed E-state index contributed by atoms with van der Waals surface area (Å²) in [5.74, 6) is 5.57. The molecule has 8 saturated carbocycles. The maximum absolute atomic E-state index is 3.16. The van der Waals surface area contributed by atoms with Gasteiger partial charge in [-0.15, -0.1) is 0 Å². The van der Waals surface area contributed by atoms with E-state index >= 15 is 0 Å². The summed E-state index contributed by atoms with van der Waals surface area (Å²) < 4.78 is 0. The van der Waals surface area contributed by atoms with Crippen LogP contribution in [0, 0.1) is 35.5 Å². The van der Waals surface area contributed by atoms with Gasteiger partial charge in [0, 0.05) is 36.3 Å². The van der Waals surface area contributed by atoms with Gasteiger partial charge in [0.1, 0.15) is 0 Å². The Kier molecular flexibility index (Phi) is 15.6. The number of nitrogens with zero attached hydrogens (tertiary/aromatic N) is 2. The highest BCUT2D eigenvalue weighted by Crippen LogP contribution is 2.44. The van der Waals surface area contributed by atoms with E-state index in [-0.39, 0.29) is 0 Å². The predicted molar refractivity (Wildman–Crippen MR) is 232 cm³/mol. The highest BCUT2D eigenvalue weighted by Gasteiger charge is 2.38. The fourth-order valence-corrected chi connectivity index (χ4v) is 14.7. The lowest BCUT2D eigenvalue weighted by atomic mass is 9.69. The molecule has 0 aromatic heterocycles. The molecule has 54 heavy (non-hydrogen) atoms. The molecule has 8 aliphatic rings. The first-order valence-corrected chi connectivity index (χ1v) is 25.7. The molecule has 8 rings (SSSR count). The molecule has 0 atom stereocenters. The summed E-state index contributed by atoms with van der Waals surface area (Å²) in [4.78, 5) is 6.33. The maximum Gasteiger partial charge on any atom is 0.0102 e. The molecule has 8 aliphatic carbocycles. The van der Waals surface area contributed by atoms with Gasteiger partial charge < -0.3 is 0 Å². The van der Waals surface area contributed by atoms with Gasteiger partial charge in [0.25, 0.3) is 0 Å². The molecule has 0 saturated heterocycles. The molecule has 0 amide bonds. The quantitative estimate of drug-likeness (QED) is 0.195. The lowest BCUT2D eigenvalue weighted by Crippen LogP contribution is -2.51. The zero-order valence-electron chi connectivity index (χ0n) is 35.6. The van der Waals surface area contributed by atoms with E-state index in [1.54, 1.807) is 0 Å². The van der Waals surface area contributed by atoms with Crippen molar-refractivity contribution in [3.63, 3.8) is 0 Å². The van der Waals surface area contributed by atoms with Gasteiger partial charge in [-0.1, -0.05) is 101 Å². The number of hydrogen-bond acceptors (Lipinski definition) is 2. The van der Waals surface area contributed by atoms with Crippen molar-refractivity contribution in [1.29, 1.82) is 0 Å². The van der Waals surface area contributed by atoms with E-state index < -0.39 is 0 Å². The molecule has 0 aromatic carbocycles. The predicted octanol–water partition coefficient (Wildman–Crippen LogP) is 14.8. The Morgan fingerprint density at radius 3 is 0.648 bits per heavy atom. The highest BCUT2D eigenvalue weighted by molar-refractivity contribution is 5.01. The van der Waals surface area contributed by atoms with Crippen molar-refractivity contribution in [2.75, 3.05) is 0 Å². The summed E-state index contributed by atoms with van der Waals surface area (Å²) in [6.07, 6.45) is 64.6. The molecule has 0 aliphatic heterocycles. The van der Waals surface area contributed by atoms with Crippen molar-refractivity contribution in [1.82, 2.24) is 9.80 Å². The van der Waals surface area contributed by atoms with Crippen LogP contribution in [-0.2, 0) is 0 Å². The Balaban J connectivity index is 0.721. The molecule has 0 N–H and O–H groups in total. The number of allylic oxidation sites excluding steroid dienone is 4. The lowest BCUT2D eigenvalue weighted by molar-refractivity contribution is 0.0181. The van der Waals surface area contributed by atoms with Gasteiger partial charge in [0.2, 0.25) is 0 Å². The van der Waals surface area contributed by atoms with E-state index in [4.69, 9.17) is 0 Å². The van der Waals surface area contributed by atoms with Gasteiger partial charge in [0.15, 0.2) is 0 Å². The Hall–Kier alpha value is -0.600.